The molecule has 3 rings (SSSR count). The average Bonchev–Trinajstić information content (AvgIpc) is 3.21. The fourth-order valence-corrected chi connectivity index (χ4v) is 4.53. The Labute approximate surface area is 154 Å². The van der Waals surface area contributed by atoms with Crippen LogP contribution in [-0.4, -0.2) is 26.5 Å². The number of aromatic nitrogens is 3. The average molecular weight is 376 g/mol. The molecule has 0 aliphatic carbocycles. The van der Waals surface area contributed by atoms with Crippen molar-refractivity contribution in [3.8, 4) is 0 Å². The van der Waals surface area contributed by atoms with Crippen molar-refractivity contribution in [2.75, 3.05) is 5.75 Å². The highest BCUT2D eigenvalue weighted by atomic mass is 32.2. The van der Waals surface area contributed by atoms with Gasteiger partial charge in [0.15, 0.2) is 10.9 Å². The summed E-state index contributed by atoms with van der Waals surface area (Å²) in [6, 6.07) is 3.53. The van der Waals surface area contributed by atoms with Crippen LogP contribution in [-0.2, 0) is 6.42 Å². The van der Waals surface area contributed by atoms with Gasteiger partial charge in [0.2, 0.25) is 0 Å². The Morgan fingerprint density at radius 1 is 1.44 bits per heavy atom. The van der Waals surface area contributed by atoms with Gasteiger partial charge in [-0.05, 0) is 37.0 Å². The van der Waals surface area contributed by atoms with Crippen molar-refractivity contribution in [2.45, 2.75) is 38.8 Å². The summed E-state index contributed by atoms with van der Waals surface area (Å²) in [5.74, 6) is 0.750. The number of carbonyl (C=O) groups is 1. The molecule has 0 aliphatic heterocycles. The molecule has 0 unspecified atom stereocenters. The number of nitrogens with one attached hydrogen (secondary N) is 2. The Kier molecular flexibility index (Phi) is 5.44. The lowest BCUT2D eigenvalue weighted by molar-refractivity contribution is 0.101. The third-order valence-electron chi connectivity index (χ3n) is 4.33. The summed E-state index contributed by atoms with van der Waals surface area (Å²) in [5.41, 5.74) is 1.57. The van der Waals surface area contributed by atoms with E-state index in [0.29, 0.717) is 22.2 Å². The minimum Gasteiger partial charge on any atom is -0.359 e. The van der Waals surface area contributed by atoms with Gasteiger partial charge in [-0.2, -0.15) is 0 Å². The SMILES string of the molecule is CC[C@@H](C)Cc1c(C)sc2nc(SCC(=O)c3ccc[nH]3)[nH]c(=O)c12. The zero-order chi connectivity index (χ0) is 18.0. The van der Waals surface area contributed by atoms with Gasteiger partial charge in [-0.25, -0.2) is 4.98 Å². The molecule has 0 bridgehead atoms. The number of fused-ring (bicyclic) bond motifs is 1. The summed E-state index contributed by atoms with van der Waals surface area (Å²) >= 11 is 2.82. The van der Waals surface area contributed by atoms with Gasteiger partial charge in [0.05, 0.1) is 16.8 Å². The van der Waals surface area contributed by atoms with Gasteiger partial charge in [-0.15, -0.1) is 11.3 Å². The predicted octanol–water partition coefficient (Wildman–Crippen LogP) is 4.18. The summed E-state index contributed by atoms with van der Waals surface area (Å²) in [6.45, 7) is 6.40. The number of H-pyrrole nitrogens is 2. The van der Waals surface area contributed by atoms with Crippen molar-refractivity contribution in [3.05, 3.63) is 44.8 Å². The number of aryl methyl sites for hydroxylation is 1. The predicted molar refractivity (Wildman–Crippen MR) is 104 cm³/mol. The van der Waals surface area contributed by atoms with Gasteiger partial charge in [0.25, 0.3) is 5.56 Å². The first kappa shape index (κ1) is 17.9. The molecule has 3 heterocycles. The van der Waals surface area contributed by atoms with Gasteiger partial charge >= 0.3 is 0 Å². The standard InChI is InChI=1S/C18H21N3O2S2/c1-4-10(2)8-12-11(3)25-17-15(12)16(23)20-18(21-17)24-9-14(22)13-6-5-7-19-13/h5-7,10,19H,4,8-9H2,1-3H3,(H,20,21,23)/t10-/m1/s1. The van der Waals surface area contributed by atoms with E-state index in [-0.39, 0.29) is 17.1 Å². The Morgan fingerprint density at radius 3 is 2.92 bits per heavy atom. The van der Waals surface area contributed by atoms with E-state index in [1.54, 1.807) is 29.7 Å². The van der Waals surface area contributed by atoms with Crippen LogP contribution in [0, 0.1) is 12.8 Å². The fourth-order valence-electron chi connectivity index (χ4n) is 2.68. The number of rotatable bonds is 7. The monoisotopic (exact) mass is 375 g/mol. The molecule has 0 fully saturated rings. The van der Waals surface area contributed by atoms with Gasteiger partial charge < -0.3 is 9.97 Å². The molecule has 0 aromatic carbocycles. The molecule has 7 heteroatoms. The lowest BCUT2D eigenvalue weighted by Crippen LogP contribution is -2.12. The molecule has 0 radical (unpaired) electrons. The number of nitrogens with zero attached hydrogens (tertiary/aromatic N) is 1. The van der Waals surface area contributed by atoms with Crippen LogP contribution in [0.1, 0.15) is 41.2 Å². The number of thiophene rings is 1. The van der Waals surface area contributed by atoms with Gasteiger partial charge in [-0.3, -0.25) is 9.59 Å². The second-order valence-electron chi connectivity index (χ2n) is 6.20. The van der Waals surface area contributed by atoms with E-state index in [0.717, 1.165) is 28.1 Å². The molecule has 3 aromatic rings. The Bertz CT molecular complexity index is 941. The quantitative estimate of drug-likeness (QED) is 0.369. The van der Waals surface area contributed by atoms with E-state index in [1.165, 1.54) is 11.8 Å². The molecule has 1 atom stereocenters. The molecule has 3 aromatic heterocycles. The summed E-state index contributed by atoms with van der Waals surface area (Å²) < 4.78 is 0. The van der Waals surface area contributed by atoms with E-state index in [9.17, 15) is 9.59 Å². The minimum absolute atomic E-state index is 0.0161. The number of hydrogen-bond acceptors (Lipinski definition) is 5. The molecule has 0 saturated carbocycles. The smallest absolute Gasteiger partial charge is 0.260 e. The third-order valence-corrected chi connectivity index (χ3v) is 6.24. The van der Waals surface area contributed by atoms with E-state index >= 15 is 0 Å². The van der Waals surface area contributed by atoms with Gasteiger partial charge in [0, 0.05) is 11.1 Å². The normalized spacial score (nSPS) is 12.6. The lowest BCUT2D eigenvalue weighted by Gasteiger charge is -2.08. The van der Waals surface area contributed by atoms with E-state index in [1.807, 2.05) is 6.92 Å². The number of aromatic amines is 2. The molecule has 25 heavy (non-hydrogen) atoms. The number of thioether (sulfide) groups is 1. The van der Waals surface area contributed by atoms with Crippen molar-refractivity contribution in [1.82, 2.24) is 15.0 Å². The number of ketones is 1. The van der Waals surface area contributed by atoms with Crippen LogP contribution in [0.25, 0.3) is 10.2 Å². The fraction of sp³-hybridized carbons (Fsp3) is 0.389. The first-order valence-electron chi connectivity index (χ1n) is 8.31. The van der Waals surface area contributed by atoms with Gasteiger partial charge in [0.1, 0.15) is 4.83 Å². The summed E-state index contributed by atoms with van der Waals surface area (Å²) in [4.78, 5) is 36.9. The van der Waals surface area contributed by atoms with Crippen molar-refractivity contribution >= 4 is 39.1 Å². The Morgan fingerprint density at radius 2 is 2.24 bits per heavy atom. The number of hydrogen-bond donors (Lipinski definition) is 2. The summed E-state index contributed by atoms with van der Waals surface area (Å²) in [6.07, 6.45) is 3.69. The third kappa shape index (κ3) is 3.88. The Balaban J connectivity index is 1.85. The summed E-state index contributed by atoms with van der Waals surface area (Å²) in [5, 5.41) is 1.21. The molecule has 0 spiro atoms. The molecule has 0 aliphatic rings. The van der Waals surface area contributed by atoms with E-state index in [4.69, 9.17) is 0 Å². The van der Waals surface area contributed by atoms with Crippen LogP contribution in [0.3, 0.4) is 0 Å². The van der Waals surface area contributed by atoms with Crippen LogP contribution >= 0.6 is 23.1 Å². The molecule has 5 nitrogen and oxygen atoms in total. The minimum atomic E-state index is -0.109. The second-order valence-corrected chi connectivity index (χ2v) is 8.37. The van der Waals surface area contributed by atoms with Crippen molar-refractivity contribution in [3.63, 3.8) is 0 Å². The first-order valence-corrected chi connectivity index (χ1v) is 10.1. The molecule has 0 saturated heterocycles. The highest BCUT2D eigenvalue weighted by molar-refractivity contribution is 7.99. The van der Waals surface area contributed by atoms with Crippen molar-refractivity contribution in [1.29, 1.82) is 0 Å². The van der Waals surface area contributed by atoms with E-state index < -0.39 is 0 Å². The van der Waals surface area contributed by atoms with Crippen LogP contribution < -0.4 is 5.56 Å². The molecule has 2 N–H and O–H groups in total. The van der Waals surface area contributed by atoms with E-state index in [2.05, 4.69) is 28.8 Å². The van der Waals surface area contributed by atoms with Crippen LogP contribution in [0.5, 0.6) is 0 Å². The van der Waals surface area contributed by atoms with Crippen molar-refractivity contribution in [2.24, 2.45) is 5.92 Å². The molecule has 132 valence electrons. The van der Waals surface area contributed by atoms with Crippen LogP contribution in [0.2, 0.25) is 0 Å². The Hall–Kier alpha value is -1.86. The zero-order valence-corrected chi connectivity index (χ0v) is 16.1. The largest absolute Gasteiger partial charge is 0.359 e. The maximum Gasteiger partial charge on any atom is 0.260 e. The maximum atomic E-state index is 12.6. The lowest BCUT2D eigenvalue weighted by atomic mass is 9.98. The van der Waals surface area contributed by atoms with Crippen LogP contribution in [0.15, 0.2) is 28.3 Å². The highest BCUT2D eigenvalue weighted by Crippen LogP contribution is 2.30. The zero-order valence-electron chi connectivity index (χ0n) is 14.5. The second kappa shape index (κ2) is 7.58. The number of Topliss-reactive ketones (excluding diaryl/α,β-unsaturated/α-hetero) is 1. The molecular formula is C18H21N3O2S2. The van der Waals surface area contributed by atoms with Gasteiger partial charge in [-0.1, -0.05) is 32.0 Å². The highest BCUT2D eigenvalue weighted by Gasteiger charge is 2.17. The topological polar surface area (TPSA) is 78.6 Å². The molecular weight excluding hydrogens is 354 g/mol. The maximum absolute atomic E-state index is 12.6. The van der Waals surface area contributed by atoms with Crippen molar-refractivity contribution < 1.29 is 4.79 Å². The molecule has 0 amide bonds. The van der Waals surface area contributed by atoms with Crippen LogP contribution in [0.4, 0.5) is 0 Å². The first-order chi connectivity index (χ1) is 12.0. The summed E-state index contributed by atoms with van der Waals surface area (Å²) in [7, 11) is 0. The number of carbonyl (C=O) groups excluding carboxylic acids is 1.